The van der Waals surface area contributed by atoms with Crippen LogP contribution in [0.15, 0.2) is 12.3 Å². The average Bonchev–Trinajstić information content (AvgIpc) is 2.31. The standard InChI is InChI=1S/C12H16FN3O2/c1-16-6-2-3-8(7-16)15-11-10(13)9(12(17)18)4-5-14-11/h4-5,8H,2-3,6-7H2,1H3,(H,14,15)(H,17,18). The first kappa shape index (κ1) is 12.8. The number of halogens is 1. The van der Waals surface area contributed by atoms with Crippen LogP contribution in [0.1, 0.15) is 23.2 Å². The van der Waals surface area contributed by atoms with E-state index in [9.17, 15) is 9.18 Å². The molecule has 1 atom stereocenters. The third kappa shape index (κ3) is 2.76. The van der Waals surface area contributed by atoms with Crippen LogP contribution >= 0.6 is 0 Å². The zero-order chi connectivity index (χ0) is 13.1. The van der Waals surface area contributed by atoms with E-state index < -0.39 is 11.8 Å². The summed E-state index contributed by atoms with van der Waals surface area (Å²) in [5, 5.41) is 11.8. The Labute approximate surface area is 105 Å². The van der Waals surface area contributed by atoms with Crippen LogP contribution in [-0.2, 0) is 0 Å². The molecule has 1 unspecified atom stereocenters. The minimum absolute atomic E-state index is 0.0233. The van der Waals surface area contributed by atoms with E-state index in [1.54, 1.807) is 0 Å². The van der Waals surface area contributed by atoms with Gasteiger partial charge in [0.05, 0.1) is 0 Å². The Bertz CT molecular complexity index is 453. The van der Waals surface area contributed by atoms with E-state index >= 15 is 0 Å². The number of piperidine rings is 1. The molecule has 1 saturated heterocycles. The normalized spacial score (nSPS) is 20.7. The highest BCUT2D eigenvalue weighted by molar-refractivity contribution is 5.88. The van der Waals surface area contributed by atoms with Crippen LogP contribution in [0, 0.1) is 5.82 Å². The number of aromatic carboxylic acids is 1. The van der Waals surface area contributed by atoms with Crippen molar-refractivity contribution in [3.05, 3.63) is 23.6 Å². The molecule has 1 aromatic heterocycles. The van der Waals surface area contributed by atoms with Gasteiger partial charge in [-0.1, -0.05) is 0 Å². The van der Waals surface area contributed by atoms with Crippen LogP contribution in [0.5, 0.6) is 0 Å². The summed E-state index contributed by atoms with van der Waals surface area (Å²) in [6, 6.07) is 1.27. The molecule has 0 radical (unpaired) electrons. The Hall–Kier alpha value is -1.69. The molecule has 2 rings (SSSR count). The molecular weight excluding hydrogens is 237 g/mol. The zero-order valence-electron chi connectivity index (χ0n) is 10.2. The third-order valence-electron chi connectivity index (χ3n) is 3.08. The number of likely N-dealkylation sites (N-methyl/N-ethyl adjacent to an activating group) is 1. The number of rotatable bonds is 3. The molecule has 6 heteroatoms. The molecule has 98 valence electrons. The number of hydrogen-bond donors (Lipinski definition) is 2. The average molecular weight is 253 g/mol. The first-order valence-electron chi connectivity index (χ1n) is 5.91. The number of carbonyl (C=O) groups is 1. The number of hydrogen-bond acceptors (Lipinski definition) is 4. The Kier molecular flexibility index (Phi) is 3.76. The van der Waals surface area contributed by atoms with Gasteiger partial charge in [-0.3, -0.25) is 0 Å². The minimum Gasteiger partial charge on any atom is -0.478 e. The van der Waals surface area contributed by atoms with Gasteiger partial charge in [-0.05, 0) is 32.5 Å². The zero-order valence-corrected chi connectivity index (χ0v) is 10.2. The molecule has 0 spiro atoms. The number of nitrogens with one attached hydrogen (secondary N) is 1. The molecule has 18 heavy (non-hydrogen) atoms. The lowest BCUT2D eigenvalue weighted by atomic mass is 10.1. The first-order chi connectivity index (χ1) is 8.58. The maximum atomic E-state index is 13.9. The highest BCUT2D eigenvalue weighted by Gasteiger charge is 2.21. The fourth-order valence-electron chi connectivity index (χ4n) is 2.19. The fourth-order valence-corrected chi connectivity index (χ4v) is 2.19. The highest BCUT2D eigenvalue weighted by atomic mass is 19.1. The van der Waals surface area contributed by atoms with Crippen molar-refractivity contribution >= 4 is 11.8 Å². The lowest BCUT2D eigenvalue weighted by Crippen LogP contribution is -2.40. The second kappa shape index (κ2) is 5.30. The molecule has 2 heterocycles. The van der Waals surface area contributed by atoms with E-state index in [0.29, 0.717) is 0 Å². The van der Waals surface area contributed by atoms with Gasteiger partial charge < -0.3 is 15.3 Å². The predicted octanol–water partition coefficient (Wildman–Crippen LogP) is 1.43. The van der Waals surface area contributed by atoms with E-state index in [1.807, 2.05) is 7.05 Å². The molecule has 5 nitrogen and oxygen atoms in total. The van der Waals surface area contributed by atoms with Crippen LogP contribution in [-0.4, -0.2) is 47.1 Å². The van der Waals surface area contributed by atoms with Gasteiger partial charge in [0.2, 0.25) is 0 Å². The Morgan fingerprint density at radius 3 is 3.11 bits per heavy atom. The summed E-state index contributed by atoms with van der Waals surface area (Å²) in [4.78, 5) is 16.8. The molecule has 1 aliphatic heterocycles. The molecule has 1 aliphatic rings. The van der Waals surface area contributed by atoms with Gasteiger partial charge in [-0.15, -0.1) is 0 Å². The van der Waals surface area contributed by atoms with Crippen LogP contribution in [0.2, 0.25) is 0 Å². The summed E-state index contributed by atoms with van der Waals surface area (Å²) < 4.78 is 13.9. The van der Waals surface area contributed by atoms with Crippen molar-refractivity contribution in [1.29, 1.82) is 0 Å². The maximum absolute atomic E-state index is 13.9. The van der Waals surface area contributed by atoms with Crippen molar-refractivity contribution in [3.63, 3.8) is 0 Å². The molecule has 0 bridgehead atoms. The molecule has 0 saturated carbocycles. The number of anilines is 1. The summed E-state index contributed by atoms with van der Waals surface area (Å²) >= 11 is 0. The molecule has 1 aromatic rings. The monoisotopic (exact) mass is 253 g/mol. The summed E-state index contributed by atoms with van der Waals surface area (Å²) in [6.07, 6.45) is 3.28. The Morgan fingerprint density at radius 2 is 2.44 bits per heavy atom. The van der Waals surface area contributed by atoms with Crippen molar-refractivity contribution in [2.24, 2.45) is 0 Å². The maximum Gasteiger partial charge on any atom is 0.338 e. The van der Waals surface area contributed by atoms with Crippen molar-refractivity contribution < 1.29 is 14.3 Å². The van der Waals surface area contributed by atoms with Gasteiger partial charge in [0, 0.05) is 18.8 Å². The number of carboxylic acids is 1. The fraction of sp³-hybridized carbons (Fsp3) is 0.500. The quantitative estimate of drug-likeness (QED) is 0.853. The van der Waals surface area contributed by atoms with Crippen molar-refractivity contribution in [2.45, 2.75) is 18.9 Å². The van der Waals surface area contributed by atoms with Crippen molar-refractivity contribution in [3.8, 4) is 0 Å². The molecular formula is C12H16FN3O2. The summed E-state index contributed by atoms with van der Waals surface area (Å²) in [5.74, 6) is -2.05. The molecule has 0 amide bonds. The van der Waals surface area contributed by atoms with Gasteiger partial charge >= 0.3 is 5.97 Å². The number of carboxylic acid groups (broad SMARTS) is 1. The number of nitrogens with zero attached hydrogens (tertiary/aromatic N) is 2. The van der Waals surface area contributed by atoms with Crippen molar-refractivity contribution in [2.75, 3.05) is 25.5 Å². The first-order valence-corrected chi connectivity index (χ1v) is 5.91. The summed E-state index contributed by atoms with van der Waals surface area (Å²) in [5.41, 5.74) is -0.350. The van der Waals surface area contributed by atoms with Gasteiger partial charge in [0.15, 0.2) is 11.6 Å². The van der Waals surface area contributed by atoms with Crippen LogP contribution < -0.4 is 5.32 Å². The SMILES string of the molecule is CN1CCCC(Nc2nccc(C(=O)O)c2F)C1. The lowest BCUT2D eigenvalue weighted by molar-refractivity contribution is 0.0692. The molecule has 2 N–H and O–H groups in total. The lowest BCUT2D eigenvalue weighted by Gasteiger charge is -2.30. The second-order valence-electron chi connectivity index (χ2n) is 4.57. The van der Waals surface area contributed by atoms with Gasteiger partial charge in [0.25, 0.3) is 0 Å². The van der Waals surface area contributed by atoms with Crippen LogP contribution in [0.3, 0.4) is 0 Å². The second-order valence-corrected chi connectivity index (χ2v) is 4.57. The molecule has 0 aliphatic carbocycles. The van der Waals surface area contributed by atoms with Crippen molar-refractivity contribution in [1.82, 2.24) is 9.88 Å². The van der Waals surface area contributed by atoms with Gasteiger partial charge in [-0.25, -0.2) is 14.2 Å². The topological polar surface area (TPSA) is 65.5 Å². The number of pyridine rings is 1. The van der Waals surface area contributed by atoms with E-state index in [4.69, 9.17) is 5.11 Å². The third-order valence-corrected chi connectivity index (χ3v) is 3.08. The van der Waals surface area contributed by atoms with E-state index in [-0.39, 0.29) is 17.4 Å². The minimum atomic E-state index is -1.28. The predicted molar refractivity (Wildman–Crippen MR) is 65.3 cm³/mol. The highest BCUT2D eigenvalue weighted by Crippen LogP contribution is 2.18. The van der Waals surface area contributed by atoms with E-state index in [0.717, 1.165) is 32.0 Å². The van der Waals surface area contributed by atoms with E-state index in [2.05, 4.69) is 15.2 Å². The largest absolute Gasteiger partial charge is 0.478 e. The molecule has 0 aromatic carbocycles. The summed E-state index contributed by atoms with van der Waals surface area (Å²) in [6.45, 7) is 1.83. The Morgan fingerprint density at radius 1 is 1.67 bits per heavy atom. The molecule has 1 fully saturated rings. The van der Waals surface area contributed by atoms with Gasteiger partial charge in [0.1, 0.15) is 5.56 Å². The van der Waals surface area contributed by atoms with Crippen LogP contribution in [0.25, 0.3) is 0 Å². The smallest absolute Gasteiger partial charge is 0.338 e. The number of aromatic nitrogens is 1. The van der Waals surface area contributed by atoms with Gasteiger partial charge in [-0.2, -0.15) is 0 Å². The summed E-state index contributed by atoms with van der Waals surface area (Å²) in [7, 11) is 2.01. The van der Waals surface area contributed by atoms with E-state index in [1.165, 1.54) is 6.20 Å². The van der Waals surface area contributed by atoms with Crippen LogP contribution in [0.4, 0.5) is 10.2 Å². The number of likely N-dealkylation sites (tertiary alicyclic amines) is 1. The Balaban J connectivity index is 2.14.